The van der Waals surface area contributed by atoms with Crippen molar-refractivity contribution in [3.63, 3.8) is 0 Å². The van der Waals surface area contributed by atoms with Gasteiger partial charge in [-0.15, -0.1) is 0 Å². The van der Waals surface area contributed by atoms with Gasteiger partial charge >= 0.3 is 12.0 Å². The van der Waals surface area contributed by atoms with Gasteiger partial charge in [-0.3, -0.25) is 14.9 Å². The van der Waals surface area contributed by atoms with E-state index in [1.54, 1.807) is 0 Å². The van der Waals surface area contributed by atoms with Crippen LogP contribution in [0.25, 0.3) is 0 Å². The molecule has 1 aliphatic rings. The average molecular weight is 284 g/mol. The Labute approximate surface area is 119 Å². The maximum atomic E-state index is 11.7. The highest BCUT2D eigenvalue weighted by Crippen LogP contribution is 2.26. The molecule has 6 heteroatoms. The summed E-state index contributed by atoms with van der Waals surface area (Å²) in [7, 11) is 0. The second-order valence-electron chi connectivity index (χ2n) is 5.33. The molecular weight excluding hydrogens is 260 g/mol. The molecule has 0 radical (unpaired) electrons. The zero-order valence-electron chi connectivity index (χ0n) is 12.0. The molecule has 1 fully saturated rings. The van der Waals surface area contributed by atoms with Crippen molar-refractivity contribution in [2.45, 2.75) is 64.3 Å². The third-order valence-corrected chi connectivity index (χ3v) is 3.80. The molecule has 0 aromatic heterocycles. The lowest BCUT2D eigenvalue weighted by Crippen LogP contribution is -2.48. The molecule has 20 heavy (non-hydrogen) atoms. The molecule has 1 rings (SSSR count). The average Bonchev–Trinajstić information content (AvgIpc) is 2.38. The van der Waals surface area contributed by atoms with Crippen molar-refractivity contribution in [2.75, 3.05) is 0 Å². The van der Waals surface area contributed by atoms with Gasteiger partial charge in [0.2, 0.25) is 5.91 Å². The second-order valence-corrected chi connectivity index (χ2v) is 5.33. The van der Waals surface area contributed by atoms with E-state index < -0.39 is 17.9 Å². The molecular formula is C14H24N2O4. The molecule has 0 aromatic rings. The van der Waals surface area contributed by atoms with Crippen LogP contribution in [-0.2, 0) is 9.59 Å². The first-order chi connectivity index (χ1) is 9.52. The van der Waals surface area contributed by atoms with Crippen LogP contribution in [0.4, 0.5) is 4.79 Å². The number of urea groups is 1. The largest absolute Gasteiger partial charge is 0.481 e. The molecule has 1 saturated carbocycles. The maximum Gasteiger partial charge on any atom is 0.321 e. The first-order valence-electron chi connectivity index (χ1n) is 7.35. The monoisotopic (exact) mass is 284 g/mol. The van der Waals surface area contributed by atoms with Gasteiger partial charge in [0.25, 0.3) is 0 Å². The smallest absolute Gasteiger partial charge is 0.321 e. The number of carbonyl (C=O) groups is 3. The molecule has 2 atom stereocenters. The Morgan fingerprint density at radius 3 is 2.50 bits per heavy atom. The number of imide groups is 1. The van der Waals surface area contributed by atoms with Crippen LogP contribution in [0.15, 0.2) is 0 Å². The summed E-state index contributed by atoms with van der Waals surface area (Å²) in [6.45, 7) is 2.11. The number of hydrogen-bond acceptors (Lipinski definition) is 3. The lowest BCUT2D eigenvalue weighted by atomic mass is 9.83. The van der Waals surface area contributed by atoms with Gasteiger partial charge in [-0.2, -0.15) is 0 Å². The number of amides is 3. The number of nitrogens with one attached hydrogen (secondary N) is 2. The van der Waals surface area contributed by atoms with Gasteiger partial charge < -0.3 is 10.4 Å². The van der Waals surface area contributed by atoms with E-state index >= 15 is 0 Å². The van der Waals surface area contributed by atoms with Gasteiger partial charge in [0, 0.05) is 18.9 Å². The Kier molecular flexibility index (Phi) is 7.04. The van der Waals surface area contributed by atoms with Crippen LogP contribution < -0.4 is 10.6 Å². The quantitative estimate of drug-likeness (QED) is 0.695. The highest BCUT2D eigenvalue weighted by atomic mass is 16.4. The Hall–Kier alpha value is -1.59. The van der Waals surface area contributed by atoms with Gasteiger partial charge in [0.05, 0.1) is 0 Å². The van der Waals surface area contributed by atoms with Gasteiger partial charge in [-0.1, -0.05) is 26.2 Å². The van der Waals surface area contributed by atoms with Crippen LogP contribution in [0.1, 0.15) is 58.3 Å². The van der Waals surface area contributed by atoms with E-state index in [4.69, 9.17) is 5.11 Å². The van der Waals surface area contributed by atoms with Crippen molar-refractivity contribution in [1.29, 1.82) is 0 Å². The zero-order valence-corrected chi connectivity index (χ0v) is 12.0. The van der Waals surface area contributed by atoms with Crippen molar-refractivity contribution in [2.24, 2.45) is 5.92 Å². The number of carboxylic acids is 1. The van der Waals surface area contributed by atoms with Crippen molar-refractivity contribution in [3.8, 4) is 0 Å². The minimum absolute atomic E-state index is 0.0571. The van der Waals surface area contributed by atoms with Crippen LogP contribution in [0.5, 0.6) is 0 Å². The fourth-order valence-corrected chi connectivity index (χ4v) is 2.68. The highest BCUT2D eigenvalue weighted by molar-refractivity contribution is 5.94. The van der Waals surface area contributed by atoms with Crippen LogP contribution in [0, 0.1) is 5.92 Å². The third-order valence-electron chi connectivity index (χ3n) is 3.80. The molecule has 0 saturated heterocycles. The van der Waals surface area contributed by atoms with Gasteiger partial charge in [0.15, 0.2) is 0 Å². The van der Waals surface area contributed by atoms with Crippen LogP contribution in [0.3, 0.4) is 0 Å². The first-order valence-corrected chi connectivity index (χ1v) is 7.35. The number of carboxylic acid groups (broad SMARTS) is 1. The van der Waals surface area contributed by atoms with E-state index in [1.165, 1.54) is 6.42 Å². The van der Waals surface area contributed by atoms with E-state index in [2.05, 4.69) is 17.6 Å². The number of aliphatic carboxylic acids is 1. The summed E-state index contributed by atoms with van der Waals surface area (Å²) in [5.41, 5.74) is 0. The molecule has 0 spiro atoms. The fraction of sp³-hybridized carbons (Fsp3) is 0.786. The van der Waals surface area contributed by atoms with E-state index in [-0.39, 0.29) is 25.3 Å². The Balaban J connectivity index is 2.27. The minimum atomic E-state index is -0.935. The van der Waals surface area contributed by atoms with E-state index in [9.17, 15) is 14.4 Å². The van der Waals surface area contributed by atoms with Gasteiger partial charge in [0.1, 0.15) is 0 Å². The fourth-order valence-electron chi connectivity index (χ4n) is 2.68. The topological polar surface area (TPSA) is 95.5 Å². The molecule has 1 aliphatic carbocycles. The first kappa shape index (κ1) is 16.5. The molecule has 2 unspecified atom stereocenters. The second kappa shape index (κ2) is 8.55. The Morgan fingerprint density at radius 1 is 1.15 bits per heavy atom. The van der Waals surface area contributed by atoms with Crippen molar-refractivity contribution in [1.82, 2.24) is 10.6 Å². The minimum Gasteiger partial charge on any atom is -0.481 e. The Bertz CT molecular complexity index is 357. The van der Waals surface area contributed by atoms with Crippen molar-refractivity contribution < 1.29 is 19.5 Å². The third kappa shape index (κ3) is 6.04. The standard InChI is InChI=1S/C14H24N2O4/c1-2-10-6-3-4-7-11(10)15-14(20)16-12(17)8-5-9-13(18)19/h10-11H,2-9H2,1H3,(H,18,19)(H2,15,16,17,20). The number of carbonyl (C=O) groups excluding carboxylic acids is 2. The molecule has 3 amide bonds. The summed E-state index contributed by atoms with van der Waals surface area (Å²) >= 11 is 0. The summed E-state index contributed by atoms with van der Waals surface area (Å²) in [4.78, 5) is 33.5. The predicted molar refractivity (Wildman–Crippen MR) is 74.2 cm³/mol. The van der Waals surface area contributed by atoms with Crippen molar-refractivity contribution >= 4 is 17.9 Å². The number of rotatable bonds is 6. The lowest BCUT2D eigenvalue weighted by molar-refractivity contribution is -0.137. The van der Waals surface area contributed by atoms with Gasteiger partial charge in [-0.05, 0) is 25.2 Å². The maximum absolute atomic E-state index is 11.7. The predicted octanol–water partition coefficient (Wildman–Crippen LogP) is 2.04. The number of hydrogen-bond donors (Lipinski definition) is 3. The van der Waals surface area contributed by atoms with Crippen LogP contribution >= 0.6 is 0 Å². The van der Waals surface area contributed by atoms with E-state index in [0.29, 0.717) is 5.92 Å². The molecule has 0 aliphatic heterocycles. The summed E-state index contributed by atoms with van der Waals surface area (Å²) < 4.78 is 0. The summed E-state index contributed by atoms with van der Waals surface area (Å²) in [5.74, 6) is -0.875. The summed E-state index contributed by atoms with van der Waals surface area (Å²) in [6, 6.07) is -0.323. The zero-order chi connectivity index (χ0) is 15.0. The van der Waals surface area contributed by atoms with Crippen molar-refractivity contribution in [3.05, 3.63) is 0 Å². The molecule has 6 nitrogen and oxygen atoms in total. The van der Waals surface area contributed by atoms with Crippen LogP contribution in [0.2, 0.25) is 0 Å². The summed E-state index contributed by atoms with van der Waals surface area (Å²) in [6.07, 6.45) is 5.65. The molecule has 114 valence electrons. The van der Waals surface area contributed by atoms with E-state index in [1.807, 2.05) is 0 Å². The van der Waals surface area contributed by atoms with Crippen LogP contribution in [-0.4, -0.2) is 29.1 Å². The summed E-state index contributed by atoms with van der Waals surface area (Å²) in [5, 5.41) is 13.6. The molecule has 0 bridgehead atoms. The highest BCUT2D eigenvalue weighted by Gasteiger charge is 2.25. The lowest BCUT2D eigenvalue weighted by Gasteiger charge is -2.31. The normalized spacial score (nSPS) is 22.1. The SMILES string of the molecule is CCC1CCCCC1NC(=O)NC(=O)CCCC(=O)O. The molecule has 0 aromatic carbocycles. The molecule has 3 N–H and O–H groups in total. The molecule has 0 heterocycles. The Morgan fingerprint density at radius 2 is 1.85 bits per heavy atom. The van der Waals surface area contributed by atoms with Gasteiger partial charge in [-0.25, -0.2) is 4.79 Å². The van der Waals surface area contributed by atoms with E-state index in [0.717, 1.165) is 25.7 Å².